The molecule has 0 atom stereocenters. The monoisotopic (exact) mass is 210 g/mol. The van der Waals surface area contributed by atoms with Crippen molar-refractivity contribution < 1.29 is 17.9 Å². The molecule has 0 unspecified atom stereocenters. The van der Waals surface area contributed by atoms with Crippen molar-refractivity contribution in [3.63, 3.8) is 0 Å². The van der Waals surface area contributed by atoms with E-state index in [0.717, 1.165) is 0 Å². The first-order valence-electron chi connectivity index (χ1n) is 3.53. The van der Waals surface area contributed by atoms with Crippen molar-refractivity contribution in [3.8, 4) is 5.75 Å². The third-order valence-electron chi connectivity index (χ3n) is 1.36. The smallest absolute Gasteiger partial charge is 0.205 e. The largest absolute Gasteiger partial charge is 0.489 e. The van der Waals surface area contributed by atoms with Gasteiger partial charge in [-0.3, -0.25) is 0 Å². The number of ether oxygens (including phenoxy) is 1. The molecular weight excluding hydrogens is 205 g/mol. The van der Waals surface area contributed by atoms with Crippen molar-refractivity contribution in [1.29, 1.82) is 0 Å². The van der Waals surface area contributed by atoms with Crippen LogP contribution in [0.2, 0.25) is 5.02 Å². The summed E-state index contributed by atoms with van der Waals surface area (Å²) in [5.41, 5.74) is 0. The molecule has 0 radical (unpaired) electrons. The highest BCUT2D eigenvalue weighted by molar-refractivity contribution is 6.32. The number of hydrogen-bond acceptors (Lipinski definition) is 1. The van der Waals surface area contributed by atoms with Crippen LogP contribution in [0, 0.1) is 17.5 Å². The Morgan fingerprint density at radius 3 is 2.46 bits per heavy atom. The lowest BCUT2D eigenvalue weighted by molar-refractivity contribution is 0.309. The van der Waals surface area contributed by atoms with E-state index in [9.17, 15) is 13.2 Å². The Labute approximate surface area is 78.1 Å². The lowest BCUT2D eigenvalue weighted by Gasteiger charge is -2.07. The summed E-state index contributed by atoms with van der Waals surface area (Å²) in [7, 11) is 0. The van der Waals surface area contributed by atoms with E-state index in [2.05, 4.69) is 4.74 Å². The summed E-state index contributed by atoms with van der Waals surface area (Å²) in [5.74, 6) is -4.76. The van der Waals surface area contributed by atoms with Crippen LogP contribution in [-0.4, -0.2) is 6.61 Å². The minimum Gasteiger partial charge on any atom is -0.489 e. The van der Waals surface area contributed by atoms with Crippen molar-refractivity contribution in [2.24, 2.45) is 0 Å². The van der Waals surface area contributed by atoms with Crippen LogP contribution in [0.25, 0.3) is 0 Å². The van der Waals surface area contributed by atoms with Crippen LogP contribution in [0.4, 0.5) is 13.2 Å². The molecule has 0 aromatic heterocycles. The average Bonchev–Trinajstić information content (AvgIpc) is 2.09. The van der Waals surface area contributed by atoms with Gasteiger partial charge in [-0.15, -0.1) is 0 Å². The Kier molecular flexibility index (Phi) is 3.03. The van der Waals surface area contributed by atoms with Gasteiger partial charge in [-0.2, -0.15) is 4.39 Å². The predicted octanol–water partition coefficient (Wildman–Crippen LogP) is 3.16. The zero-order valence-electron chi connectivity index (χ0n) is 6.70. The van der Waals surface area contributed by atoms with Gasteiger partial charge in [0.2, 0.25) is 5.82 Å². The van der Waals surface area contributed by atoms with Crippen LogP contribution in [0.5, 0.6) is 5.75 Å². The maximum Gasteiger partial charge on any atom is 0.205 e. The van der Waals surface area contributed by atoms with Gasteiger partial charge < -0.3 is 4.74 Å². The van der Waals surface area contributed by atoms with Gasteiger partial charge in [0.25, 0.3) is 0 Å². The molecule has 0 bridgehead atoms. The van der Waals surface area contributed by atoms with E-state index in [-0.39, 0.29) is 11.6 Å². The molecule has 0 fully saturated rings. The molecule has 0 heterocycles. The van der Waals surface area contributed by atoms with Crippen molar-refractivity contribution >= 4 is 11.6 Å². The summed E-state index contributed by atoms with van der Waals surface area (Å²) in [6.07, 6.45) is 0. The van der Waals surface area contributed by atoms with Crippen LogP contribution in [-0.2, 0) is 0 Å². The van der Waals surface area contributed by atoms with Gasteiger partial charge in [-0.05, 0) is 13.0 Å². The van der Waals surface area contributed by atoms with Gasteiger partial charge in [-0.1, -0.05) is 11.6 Å². The highest BCUT2D eigenvalue weighted by atomic mass is 35.5. The summed E-state index contributed by atoms with van der Waals surface area (Å²) < 4.78 is 42.7. The molecule has 0 saturated carbocycles. The lowest BCUT2D eigenvalue weighted by atomic mass is 10.3. The Morgan fingerprint density at radius 1 is 1.31 bits per heavy atom. The summed E-state index contributed by atoms with van der Waals surface area (Å²) in [6, 6.07) is 0.672. The van der Waals surface area contributed by atoms with Crippen LogP contribution in [0.1, 0.15) is 6.92 Å². The number of rotatable bonds is 2. The van der Waals surface area contributed by atoms with Gasteiger partial charge in [0.1, 0.15) is 0 Å². The zero-order valence-corrected chi connectivity index (χ0v) is 7.46. The molecule has 72 valence electrons. The third kappa shape index (κ3) is 1.88. The van der Waals surface area contributed by atoms with Crippen LogP contribution in [0.15, 0.2) is 6.07 Å². The average molecular weight is 211 g/mol. The second kappa shape index (κ2) is 3.87. The van der Waals surface area contributed by atoms with Crippen molar-refractivity contribution in [1.82, 2.24) is 0 Å². The number of benzene rings is 1. The molecule has 1 aromatic rings. The predicted molar refractivity (Wildman–Crippen MR) is 42.5 cm³/mol. The van der Waals surface area contributed by atoms with Gasteiger partial charge in [-0.25, -0.2) is 8.78 Å². The first kappa shape index (κ1) is 10.2. The molecule has 0 aliphatic heterocycles. The van der Waals surface area contributed by atoms with Crippen LogP contribution in [0.3, 0.4) is 0 Å². The molecule has 0 amide bonds. The number of hydrogen-bond donors (Lipinski definition) is 0. The molecule has 13 heavy (non-hydrogen) atoms. The van der Waals surface area contributed by atoms with Crippen LogP contribution < -0.4 is 4.74 Å². The molecule has 5 heteroatoms. The Morgan fingerprint density at radius 2 is 1.92 bits per heavy atom. The third-order valence-corrected chi connectivity index (χ3v) is 1.64. The Bertz CT molecular complexity index is 328. The minimum atomic E-state index is -1.58. The lowest BCUT2D eigenvalue weighted by Crippen LogP contribution is -2.00. The Balaban J connectivity index is 3.26. The zero-order chi connectivity index (χ0) is 10.0. The molecule has 0 saturated heterocycles. The van der Waals surface area contributed by atoms with E-state index in [4.69, 9.17) is 11.6 Å². The van der Waals surface area contributed by atoms with Gasteiger partial charge in [0, 0.05) is 0 Å². The van der Waals surface area contributed by atoms with Gasteiger partial charge >= 0.3 is 0 Å². The maximum atomic E-state index is 12.9. The standard InChI is InChI=1S/C8H6ClF3O/c1-2-13-8-4(9)3-5(10)6(11)7(8)12/h3H,2H2,1H3. The van der Waals surface area contributed by atoms with Crippen molar-refractivity contribution in [2.45, 2.75) is 6.92 Å². The second-order valence-corrected chi connectivity index (χ2v) is 2.64. The quantitative estimate of drug-likeness (QED) is 0.538. The molecular formula is C8H6ClF3O. The summed E-state index contributed by atoms with van der Waals surface area (Å²) in [5, 5.41) is -0.279. The van der Waals surface area contributed by atoms with Crippen molar-refractivity contribution in [2.75, 3.05) is 6.61 Å². The summed E-state index contributed by atoms with van der Waals surface area (Å²) >= 11 is 5.41. The van der Waals surface area contributed by atoms with E-state index < -0.39 is 23.2 Å². The molecule has 1 aromatic carbocycles. The Hall–Kier alpha value is -0.900. The van der Waals surface area contributed by atoms with Gasteiger partial charge in [0.15, 0.2) is 17.4 Å². The highest BCUT2D eigenvalue weighted by Gasteiger charge is 2.18. The first-order valence-corrected chi connectivity index (χ1v) is 3.91. The minimum absolute atomic E-state index is 0.127. The highest BCUT2D eigenvalue weighted by Crippen LogP contribution is 2.30. The normalized spacial score (nSPS) is 10.2. The molecule has 0 aliphatic carbocycles. The molecule has 1 nitrogen and oxygen atoms in total. The summed E-state index contributed by atoms with van der Waals surface area (Å²) in [6.45, 7) is 1.71. The van der Waals surface area contributed by atoms with E-state index >= 15 is 0 Å². The molecule has 0 aliphatic rings. The number of halogens is 4. The van der Waals surface area contributed by atoms with Gasteiger partial charge in [0.05, 0.1) is 11.6 Å². The second-order valence-electron chi connectivity index (χ2n) is 2.23. The fourth-order valence-corrected chi connectivity index (χ4v) is 1.06. The summed E-state index contributed by atoms with van der Waals surface area (Å²) in [4.78, 5) is 0. The fourth-order valence-electron chi connectivity index (χ4n) is 0.826. The fraction of sp³-hybridized carbons (Fsp3) is 0.250. The van der Waals surface area contributed by atoms with Crippen molar-refractivity contribution in [3.05, 3.63) is 28.5 Å². The van der Waals surface area contributed by atoms with E-state index in [1.165, 1.54) is 0 Å². The molecule has 0 spiro atoms. The maximum absolute atomic E-state index is 12.9. The van der Waals surface area contributed by atoms with E-state index in [0.29, 0.717) is 6.07 Å². The van der Waals surface area contributed by atoms with Crippen LogP contribution >= 0.6 is 11.6 Å². The molecule has 1 rings (SSSR count). The van der Waals surface area contributed by atoms with E-state index in [1.54, 1.807) is 6.92 Å². The first-order chi connectivity index (χ1) is 6.07. The SMILES string of the molecule is CCOc1c(Cl)cc(F)c(F)c1F. The van der Waals surface area contributed by atoms with E-state index in [1.807, 2.05) is 0 Å². The topological polar surface area (TPSA) is 9.23 Å². The molecule has 0 N–H and O–H groups in total.